The first kappa shape index (κ1) is 77.9. The first-order chi connectivity index (χ1) is 40.0. The van der Waals surface area contributed by atoms with Crippen molar-refractivity contribution in [2.24, 2.45) is 0 Å². The third-order valence-electron chi connectivity index (χ3n) is 15.7. The Hall–Kier alpha value is -3.15. The highest BCUT2D eigenvalue weighted by Gasteiger charge is 2.19. The van der Waals surface area contributed by atoms with E-state index < -0.39 is 6.10 Å². The average Bonchev–Trinajstić information content (AvgIpc) is 3.47. The van der Waals surface area contributed by atoms with Gasteiger partial charge < -0.3 is 14.2 Å². The minimum absolute atomic E-state index is 0.0726. The number of ether oxygens (including phenoxy) is 3. The zero-order valence-corrected chi connectivity index (χ0v) is 54.1. The molecule has 1 atom stereocenters. The van der Waals surface area contributed by atoms with Gasteiger partial charge in [-0.15, -0.1) is 0 Å². The molecule has 0 aliphatic carbocycles. The van der Waals surface area contributed by atoms with E-state index in [0.29, 0.717) is 19.3 Å². The van der Waals surface area contributed by atoms with E-state index in [-0.39, 0.29) is 31.1 Å². The van der Waals surface area contributed by atoms with Crippen LogP contribution in [-0.4, -0.2) is 37.2 Å². The largest absolute Gasteiger partial charge is 0.462 e. The molecule has 0 aliphatic rings. The molecule has 81 heavy (non-hydrogen) atoms. The Morgan fingerprint density at radius 2 is 0.481 bits per heavy atom. The van der Waals surface area contributed by atoms with Crippen molar-refractivity contribution in [3.63, 3.8) is 0 Å². The van der Waals surface area contributed by atoms with E-state index in [1.165, 1.54) is 231 Å². The van der Waals surface area contributed by atoms with Crippen molar-refractivity contribution in [2.45, 2.75) is 374 Å². The molecule has 1 unspecified atom stereocenters. The Labute approximate surface area is 503 Å². The van der Waals surface area contributed by atoms with Crippen molar-refractivity contribution in [1.82, 2.24) is 0 Å². The van der Waals surface area contributed by atoms with Crippen LogP contribution in [0, 0.1) is 0 Å². The van der Waals surface area contributed by atoms with Gasteiger partial charge in [0.15, 0.2) is 6.10 Å². The fourth-order valence-corrected chi connectivity index (χ4v) is 10.4. The van der Waals surface area contributed by atoms with Crippen LogP contribution in [0.5, 0.6) is 0 Å². The Morgan fingerprint density at radius 3 is 0.765 bits per heavy atom. The Kier molecular flexibility index (Phi) is 66.6. The fourth-order valence-electron chi connectivity index (χ4n) is 10.4. The number of unbranched alkanes of at least 4 members (excludes halogenated alkanes) is 42. The predicted molar refractivity (Wildman–Crippen MR) is 353 cm³/mol. The lowest BCUT2D eigenvalue weighted by atomic mass is 10.0. The first-order valence-corrected chi connectivity index (χ1v) is 35.4. The van der Waals surface area contributed by atoms with E-state index in [4.69, 9.17) is 14.2 Å². The summed E-state index contributed by atoms with van der Waals surface area (Å²) in [4.78, 5) is 38.4. The molecule has 0 fully saturated rings. The monoisotopic (exact) mass is 1130 g/mol. The van der Waals surface area contributed by atoms with Crippen LogP contribution in [0.25, 0.3) is 0 Å². The van der Waals surface area contributed by atoms with Crippen molar-refractivity contribution in [2.75, 3.05) is 13.2 Å². The summed E-state index contributed by atoms with van der Waals surface area (Å²) in [6.45, 7) is 6.56. The number of carbonyl (C=O) groups is 3. The van der Waals surface area contributed by atoms with Crippen LogP contribution in [0.3, 0.4) is 0 Å². The van der Waals surface area contributed by atoms with Crippen LogP contribution in [0.2, 0.25) is 0 Å². The third-order valence-corrected chi connectivity index (χ3v) is 15.7. The lowest BCUT2D eigenvalue weighted by molar-refractivity contribution is -0.167. The van der Waals surface area contributed by atoms with Gasteiger partial charge in [-0.3, -0.25) is 14.4 Å². The Bertz CT molecular complexity index is 1490. The number of hydrogen-bond donors (Lipinski definition) is 0. The number of hydrogen-bond acceptors (Lipinski definition) is 6. The molecule has 0 saturated carbocycles. The molecule has 0 N–H and O–H groups in total. The molecule has 0 amide bonds. The second-order valence-electron chi connectivity index (χ2n) is 23.8. The van der Waals surface area contributed by atoms with Gasteiger partial charge >= 0.3 is 17.9 Å². The van der Waals surface area contributed by atoms with Crippen LogP contribution >= 0.6 is 0 Å². The van der Waals surface area contributed by atoms with Gasteiger partial charge in [0.2, 0.25) is 0 Å². The molecule has 0 aliphatic heterocycles. The van der Waals surface area contributed by atoms with E-state index in [9.17, 15) is 14.4 Å². The zero-order valence-electron chi connectivity index (χ0n) is 54.1. The summed E-state index contributed by atoms with van der Waals surface area (Å²) in [6, 6.07) is 0. The molecule has 0 saturated heterocycles. The van der Waals surface area contributed by atoms with Gasteiger partial charge in [-0.2, -0.15) is 0 Å². The summed E-state index contributed by atoms with van der Waals surface area (Å²) >= 11 is 0. The summed E-state index contributed by atoms with van der Waals surface area (Å²) in [5.74, 6) is -0.857. The maximum absolute atomic E-state index is 12.9. The van der Waals surface area contributed by atoms with E-state index in [2.05, 4.69) is 93.7 Å². The molecule has 0 radical (unpaired) electrons. The standard InChI is InChI=1S/C75H134O6/c1-4-7-10-13-16-19-22-25-28-30-32-33-34-35-36-37-38-39-40-41-42-43-44-46-47-50-53-56-59-62-65-68-74(77)80-71-72(70-79-73(76)67-64-61-58-55-52-49-27-24-21-18-15-12-9-6-3)81-75(78)69-66-63-60-57-54-51-48-45-31-29-26-23-20-17-14-11-8-5-2/h7,10,16,19-20,23,25,28-29,31-33,72H,4-6,8-9,11-15,17-18,21-22,24,26-27,30,34-71H2,1-3H3/b10-7-,19-16-,23-20-,28-25-,31-29-,33-32-. The van der Waals surface area contributed by atoms with Crippen molar-refractivity contribution >= 4 is 17.9 Å². The molecule has 0 heterocycles. The number of rotatable bonds is 65. The van der Waals surface area contributed by atoms with Crippen LogP contribution in [-0.2, 0) is 28.6 Å². The molecular formula is C75H134O6. The summed E-state index contributed by atoms with van der Waals surface area (Å²) < 4.78 is 17.0. The topological polar surface area (TPSA) is 78.9 Å². The van der Waals surface area contributed by atoms with Gasteiger partial charge in [-0.05, 0) is 89.9 Å². The van der Waals surface area contributed by atoms with Gasteiger partial charge in [0.25, 0.3) is 0 Å². The lowest BCUT2D eigenvalue weighted by Gasteiger charge is -2.18. The highest BCUT2D eigenvalue weighted by atomic mass is 16.6. The van der Waals surface area contributed by atoms with E-state index in [1.807, 2.05) is 0 Å². The molecule has 0 rings (SSSR count). The maximum atomic E-state index is 12.9. The molecule has 0 aromatic heterocycles. The van der Waals surface area contributed by atoms with Crippen molar-refractivity contribution in [3.8, 4) is 0 Å². The predicted octanol–water partition coefficient (Wildman–Crippen LogP) is 24.4. The van der Waals surface area contributed by atoms with Crippen LogP contribution < -0.4 is 0 Å². The molecule has 6 heteroatoms. The van der Waals surface area contributed by atoms with Crippen molar-refractivity contribution < 1.29 is 28.6 Å². The lowest BCUT2D eigenvalue weighted by Crippen LogP contribution is -2.30. The smallest absolute Gasteiger partial charge is 0.306 e. The van der Waals surface area contributed by atoms with Crippen LogP contribution in [0.4, 0.5) is 0 Å². The highest BCUT2D eigenvalue weighted by Crippen LogP contribution is 2.18. The third kappa shape index (κ3) is 67.5. The van der Waals surface area contributed by atoms with Crippen molar-refractivity contribution in [1.29, 1.82) is 0 Å². The first-order valence-electron chi connectivity index (χ1n) is 35.4. The van der Waals surface area contributed by atoms with Gasteiger partial charge in [0.1, 0.15) is 13.2 Å². The zero-order chi connectivity index (χ0) is 58.5. The highest BCUT2D eigenvalue weighted by molar-refractivity contribution is 5.71. The van der Waals surface area contributed by atoms with Crippen LogP contribution in [0.15, 0.2) is 72.9 Å². The molecular weight excluding hydrogens is 997 g/mol. The van der Waals surface area contributed by atoms with Gasteiger partial charge in [-0.25, -0.2) is 0 Å². The maximum Gasteiger partial charge on any atom is 0.306 e. The van der Waals surface area contributed by atoms with Gasteiger partial charge in [-0.1, -0.05) is 331 Å². The van der Waals surface area contributed by atoms with E-state index in [0.717, 1.165) is 96.3 Å². The van der Waals surface area contributed by atoms with Crippen molar-refractivity contribution in [3.05, 3.63) is 72.9 Å². The average molecular weight is 1130 g/mol. The molecule has 0 bridgehead atoms. The van der Waals surface area contributed by atoms with E-state index in [1.54, 1.807) is 0 Å². The minimum atomic E-state index is -0.777. The summed E-state index contributed by atoms with van der Waals surface area (Å²) in [5.41, 5.74) is 0. The van der Waals surface area contributed by atoms with Gasteiger partial charge in [0, 0.05) is 19.3 Å². The Morgan fingerprint density at radius 1 is 0.259 bits per heavy atom. The number of allylic oxidation sites excluding steroid dienone is 12. The molecule has 0 spiro atoms. The number of esters is 3. The quantitative estimate of drug-likeness (QED) is 0.0261. The van der Waals surface area contributed by atoms with E-state index >= 15 is 0 Å². The molecule has 470 valence electrons. The molecule has 0 aromatic carbocycles. The summed E-state index contributed by atoms with van der Waals surface area (Å²) in [7, 11) is 0. The SMILES string of the molecule is CC/C=C\C/C=C\C/C=C\C/C=C\CCCCCCCCCCCCCCCCCCCCC(=O)OCC(COC(=O)CCCCCCCCCCCCCCCC)OC(=O)CCCCCCCCC/C=C\C/C=C\CCCCCC. The number of carbonyl (C=O) groups excluding carboxylic acids is 3. The Balaban J connectivity index is 4.20. The second kappa shape index (κ2) is 69.3. The van der Waals surface area contributed by atoms with Gasteiger partial charge in [0.05, 0.1) is 0 Å². The minimum Gasteiger partial charge on any atom is -0.462 e. The fraction of sp³-hybridized carbons (Fsp3) is 0.800. The normalized spacial score (nSPS) is 12.5. The second-order valence-corrected chi connectivity index (χ2v) is 23.8. The molecule has 0 aromatic rings. The van der Waals surface area contributed by atoms with Crippen LogP contribution in [0.1, 0.15) is 367 Å². The molecule has 6 nitrogen and oxygen atoms in total. The summed E-state index contributed by atoms with van der Waals surface area (Å²) in [5, 5.41) is 0. The summed E-state index contributed by atoms with van der Waals surface area (Å²) in [6.07, 6.45) is 90.7.